The molecule has 4 rings (SSSR count). The van der Waals surface area contributed by atoms with Crippen molar-refractivity contribution in [3.8, 4) is 0 Å². The van der Waals surface area contributed by atoms with Crippen LogP contribution < -0.4 is 4.31 Å². The van der Waals surface area contributed by atoms with Gasteiger partial charge in [-0.25, -0.2) is 13.2 Å². The van der Waals surface area contributed by atoms with E-state index in [9.17, 15) is 18.0 Å². The number of rotatable bonds is 6. The average Bonchev–Trinajstić information content (AvgIpc) is 3.35. The third kappa shape index (κ3) is 3.80. The first-order valence-corrected chi connectivity index (χ1v) is 11.3. The van der Waals surface area contributed by atoms with E-state index in [2.05, 4.69) is 0 Å². The summed E-state index contributed by atoms with van der Waals surface area (Å²) in [6.45, 7) is 1.50. The maximum atomic E-state index is 12.5. The molecule has 9 heteroatoms. The molecule has 156 valence electrons. The molecule has 0 aliphatic carbocycles. The maximum absolute atomic E-state index is 12.5. The van der Waals surface area contributed by atoms with Gasteiger partial charge >= 0.3 is 5.97 Å². The third-order valence-corrected chi connectivity index (χ3v) is 6.98. The lowest BCUT2D eigenvalue weighted by molar-refractivity contribution is 0.0446. The first kappa shape index (κ1) is 20.4. The minimum atomic E-state index is -3.35. The lowest BCUT2D eigenvalue weighted by atomic mass is 10.1. The zero-order valence-corrected chi connectivity index (χ0v) is 17.6. The molecule has 0 radical (unpaired) electrons. The van der Waals surface area contributed by atoms with E-state index in [1.54, 1.807) is 43.3 Å². The molecule has 2 aromatic carbocycles. The molecular formula is C21H18ClNO6S. The molecule has 1 aromatic heterocycles. The predicted octanol–water partition coefficient (Wildman–Crippen LogP) is 3.84. The van der Waals surface area contributed by atoms with Crippen molar-refractivity contribution in [3.05, 3.63) is 64.4 Å². The molecule has 0 fully saturated rings. The highest BCUT2D eigenvalue weighted by Gasteiger charge is 2.28. The van der Waals surface area contributed by atoms with Crippen LogP contribution in [-0.2, 0) is 21.2 Å². The van der Waals surface area contributed by atoms with Crippen LogP contribution in [0, 0.1) is 0 Å². The van der Waals surface area contributed by atoms with Gasteiger partial charge in [0.2, 0.25) is 15.8 Å². The van der Waals surface area contributed by atoms with Gasteiger partial charge < -0.3 is 9.15 Å². The fraction of sp³-hybridized carbons (Fsp3) is 0.238. The summed E-state index contributed by atoms with van der Waals surface area (Å²) < 4.78 is 36.2. The molecule has 0 saturated carbocycles. The van der Waals surface area contributed by atoms with Gasteiger partial charge in [0.15, 0.2) is 12.4 Å². The van der Waals surface area contributed by atoms with Crippen molar-refractivity contribution < 1.29 is 27.2 Å². The lowest BCUT2D eigenvalue weighted by Crippen LogP contribution is -2.30. The van der Waals surface area contributed by atoms with E-state index in [1.807, 2.05) is 0 Å². The summed E-state index contributed by atoms with van der Waals surface area (Å²) >= 11 is 5.92. The Morgan fingerprint density at radius 3 is 2.73 bits per heavy atom. The lowest BCUT2D eigenvalue weighted by Gasteiger charge is -2.18. The number of hydrogen-bond donors (Lipinski definition) is 0. The highest BCUT2D eigenvalue weighted by atomic mass is 35.5. The highest BCUT2D eigenvalue weighted by Crippen LogP contribution is 2.31. The molecule has 0 N–H and O–H groups in total. The van der Waals surface area contributed by atoms with Gasteiger partial charge in [0.25, 0.3) is 0 Å². The summed E-state index contributed by atoms with van der Waals surface area (Å²) in [4.78, 5) is 24.7. The number of nitrogens with zero attached hydrogens (tertiary/aromatic N) is 1. The second kappa shape index (κ2) is 7.77. The number of ketones is 1. The van der Waals surface area contributed by atoms with Crippen LogP contribution in [0.1, 0.15) is 33.4 Å². The van der Waals surface area contributed by atoms with Gasteiger partial charge in [0.1, 0.15) is 5.58 Å². The average molecular weight is 448 g/mol. The van der Waals surface area contributed by atoms with Crippen LogP contribution >= 0.6 is 11.6 Å². The van der Waals surface area contributed by atoms with Gasteiger partial charge in [-0.05, 0) is 61.4 Å². The Hall–Kier alpha value is -2.84. The summed E-state index contributed by atoms with van der Waals surface area (Å²) in [5.41, 5.74) is 2.21. The number of sulfonamides is 1. The summed E-state index contributed by atoms with van der Waals surface area (Å²) in [5, 5.41) is 1.17. The number of hydrogen-bond acceptors (Lipinski definition) is 6. The fourth-order valence-corrected chi connectivity index (χ4v) is 4.73. The van der Waals surface area contributed by atoms with Gasteiger partial charge in [0.05, 0.1) is 11.4 Å². The Labute approximate surface area is 178 Å². The number of carbonyl (C=O) groups is 2. The fourth-order valence-electron chi connectivity index (χ4n) is 3.39. The van der Waals surface area contributed by atoms with Gasteiger partial charge in [0, 0.05) is 22.5 Å². The Bertz CT molecular complexity index is 1260. The quantitative estimate of drug-likeness (QED) is 0.421. The molecule has 1 aliphatic heterocycles. The van der Waals surface area contributed by atoms with Crippen LogP contribution in [0.25, 0.3) is 11.0 Å². The van der Waals surface area contributed by atoms with Crippen LogP contribution in [-0.4, -0.2) is 39.1 Å². The van der Waals surface area contributed by atoms with Crippen LogP contribution in [0.4, 0.5) is 5.69 Å². The van der Waals surface area contributed by atoms with E-state index in [-0.39, 0.29) is 17.3 Å². The smallest absolute Gasteiger partial charge is 0.374 e. The number of fused-ring (bicyclic) bond motifs is 2. The van der Waals surface area contributed by atoms with Crippen molar-refractivity contribution in [1.82, 2.24) is 0 Å². The molecule has 1 aliphatic rings. The monoisotopic (exact) mass is 447 g/mol. The minimum Gasteiger partial charge on any atom is -0.451 e. The van der Waals surface area contributed by atoms with Gasteiger partial charge in [-0.3, -0.25) is 9.10 Å². The first-order valence-electron chi connectivity index (χ1n) is 9.31. The number of furan rings is 1. The van der Waals surface area contributed by atoms with Crippen molar-refractivity contribution in [3.63, 3.8) is 0 Å². The van der Waals surface area contributed by atoms with Crippen molar-refractivity contribution in [2.45, 2.75) is 13.3 Å². The van der Waals surface area contributed by atoms with E-state index in [0.29, 0.717) is 40.2 Å². The Balaban J connectivity index is 1.45. The van der Waals surface area contributed by atoms with Gasteiger partial charge in [-0.1, -0.05) is 11.6 Å². The van der Waals surface area contributed by atoms with E-state index >= 15 is 0 Å². The summed E-state index contributed by atoms with van der Waals surface area (Å²) in [5.74, 6) is -1.15. The van der Waals surface area contributed by atoms with Crippen LogP contribution in [0.3, 0.4) is 0 Å². The maximum Gasteiger partial charge on any atom is 0.374 e. The topological polar surface area (TPSA) is 93.9 Å². The highest BCUT2D eigenvalue weighted by molar-refractivity contribution is 7.92. The second-order valence-corrected chi connectivity index (χ2v) is 9.48. The number of Topliss-reactive ketones (excluding diaryl/α,β-unsaturated/α-hetero) is 1. The number of esters is 1. The standard InChI is InChI=1S/C21H18ClNO6S/c1-2-30(26,27)23-8-7-13-9-14(3-5-17(13)23)18(24)12-28-21(25)20-11-15-10-16(22)4-6-19(15)29-20/h3-6,9-11H,2,7-8,12H2,1H3. The molecule has 0 amide bonds. The van der Waals surface area contributed by atoms with Crippen molar-refractivity contribution in [1.29, 1.82) is 0 Å². The summed E-state index contributed by atoms with van der Waals surface area (Å²) in [6.07, 6.45) is 0.525. The Morgan fingerprint density at radius 1 is 1.17 bits per heavy atom. The van der Waals surface area contributed by atoms with Crippen LogP contribution in [0.5, 0.6) is 0 Å². The van der Waals surface area contributed by atoms with Crippen molar-refractivity contribution in [2.75, 3.05) is 23.2 Å². The van der Waals surface area contributed by atoms with Gasteiger partial charge in [-0.2, -0.15) is 0 Å². The Kier molecular flexibility index (Phi) is 5.29. The molecule has 0 bridgehead atoms. The van der Waals surface area contributed by atoms with E-state index < -0.39 is 22.6 Å². The largest absolute Gasteiger partial charge is 0.451 e. The molecule has 0 saturated heterocycles. The second-order valence-electron chi connectivity index (χ2n) is 6.86. The van der Waals surface area contributed by atoms with Crippen molar-refractivity contribution >= 4 is 50.0 Å². The van der Waals surface area contributed by atoms with Crippen LogP contribution in [0.15, 0.2) is 46.9 Å². The number of anilines is 1. The predicted molar refractivity (Wildman–Crippen MR) is 113 cm³/mol. The van der Waals surface area contributed by atoms with E-state index in [1.165, 1.54) is 10.4 Å². The zero-order valence-electron chi connectivity index (χ0n) is 16.1. The summed E-state index contributed by atoms with van der Waals surface area (Å²) in [6, 6.07) is 11.3. The molecule has 2 heterocycles. The molecule has 0 atom stereocenters. The number of carbonyl (C=O) groups excluding carboxylic acids is 2. The first-order chi connectivity index (χ1) is 14.3. The number of benzene rings is 2. The molecular weight excluding hydrogens is 430 g/mol. The van der Waals surface area contributed by atoms with E-state index in [0.717, 1.165) is 5.56 Å². The van der Waals surface area contributed by atoms with E-state index in [4.69, 9.17) is 20.8 Å². The Morgan fingerprint density at radius 2 is 1.97 bits per heavy atom. The van der Waals surface area contributed by atoms with Crippen LogP contribution in [0.2, 0.25) is 5.02 Å². The van der Waals surface area contributed by atoms with Gasteiger partial charge in [-0.15, -0.1) is 0 Å². The molecule has 0 unspecified atom stereocenters. The molecule has 0 spiro atoms. The SMILES string of the molecule is CCS(=O)(=O)N1CCc2cc(C(=O)COC(=O)c3cc4cc(Cl)ccc4o3)ccc21. The zero-order chi connectivity index (χ0) is 21.5. The minimum absolute atomic E-state index is 0.0110. The molecule has 3 aromatic rings. The molecule has 30 heavy (non-hydrogen) atoms. The van der Waals surface area contributed by atoms with Crippen molar-refractivity contribution in [2.24, 2.45) is 0 Å². The summed E-state index contributed by atoms with van der Waals surface area (Å²) in [7, 11) is -3.35. The number of ether oxygens (including phenoxy) is 1. The third-order valence-electron chi connectivity index (χ3n) is 4.97. The normalized spacial score (nSPS) is 13.5. The number of halogens is 1. The molecule has 7 nitrogen and oxygen atoms in total.